The van der Waals surface area contributed by atoms with Crippen LogP contribution in [0.5, 0.6) is 5.75 Å². The molecule has 1 aliphatic rings. The maximum Gasteiger partial charge on any atom is 0.573 e. The van der Waals surface area contributed by atoms with E-state index >= 15 is 0 Å². The second kappa shape index (κ2) is 6.34. The van der Waals surface area contributed by atoms with E-state index < -0.39 is 6.36 Å². The molecule has 116 valence electrons. The van der Waals surface area contributed by atoms with Gasteiger partial charge in [-0.1, -0.05) is 24.2 Å². The van der Waals surface area contributed by atoms with Crippen molar-refractivity contribution in [2.75, 3.05) is 13.1 Å². The first kappa shape index (κ1) is 15.6. The van der Waals surface area contributed by atoms with Crippen LogP contribution in [-0.2, 0) is 6.54 Å². The van der Waals surface area contributed by atoms with E-state index in [0.29, 0.717) is 13.0 Å². The Kier molecular flexibility index (Phi) is 4.72. The van der Waals surface area contributed by atoms with Crippen molar-refractivity contribution in [1.82, 2.24) is 4.90 Å². The van der Waals surface area contributed by atoms with Gasteiger partial charge in [0.1, 0.15) is 5.75 Å². The number of ether oxygens (including phenoxy) is 1. The van der Waals surface area contributed by atoms with Crippen LogP contribution in [0, 0.1) is 5.92 Å². The standard InChI is InChI=1S/C14H17F3N2O2/c1-10-8-19(7-6-13(10)18-20)9-11-2-4-12(5-3-11)21-14(15,16)17/h2-5,10,20H,6-9H2,1H3/b18-13+. The molecule has 1 aromatic carbocycles. The number of oxime groups is 1. The Morgan fingerprint density at radius 2 is 2.00 bits per heavy atom. The van der Waals surface area contributed by atoms with Crippen molar-refractivity contribution in [3.05, 3.63) is 29.8 Å². The van der Waals surface area contributed by atoms with Crippen molar-refractivity contribution in [2.24, 2.45) is 11.1 Å². The molecule has 7 heteroatoms. The zero-order chi connectivity index (χ0) is 15.5. The smallest absolute Gasteiger partial charge is 0.411 e. The monoisotopic (exact) mass is 302 g/mol. The zero-order valence-electron chi connectivity index (χ0n) is 11.6. The van der Waals surface area contributed by atoms with Gasteiger partial charge in [0.15, 0.2) is 0 Å². The first-order valence-corrected chi connectivity index (χ1v) is 6.65. The SMILES string of the molecule is CC1CN(Cc2ccc(OC(F)(F)F)cc2)CC/C1=N\O. The Labute approximate surface area is 120 Å². The van der Waals surface area contributed by atoms with Crippen LogP contribution in [0.3, 0.4) is 0 Å². The molecule has 0 spiro atoms. The highest BCUT2D eigenvalue weighted by Gasteiger charge is 2.31. The lowest BCUT2D eigenvalue weighted by molar-refractivity contribution is -0.274. The van der Waals surface area contributed by atoms with E-state index in [-0.39, 0.29) is 11.7 Å². The summed E-state index contributed by atoms with van der Waals surface area (Å²) < 4.78 is 40.0. The van der Waals surface area contributed by atoms with Crippen LogP contribution in [0.1, 0.15) is 18.9 Å². The molecule has 0 radical (unpaired) electrons. The number of alkyl halides is 3. The van der Waals surface area contributed by atoms with Crippen LogP contribution >= 0.6 is 0 Å². The Hall–Kier alpha value is -1.76. The molecule has 1 atom stereocenters. The van der Waals surface area contributed by atoms with E-state index in [4.69, 9.17) is 5.21 Å². The van der Waals surface area contributed by atoms with E-state index in [0.717, 1.165) is 24.4 Å². The number of halogens is 3. The lowest BCUT2D eigenvalue weighted by atomic mass is 9.97. The Bertz CT molecular complexity index is 500. The maximum atomic E-state index is 12.1. The summed E-state index contributed by atoms with van der Waals surface area (Å²) >= 11 is 0. The molecule has 1 saturated heterocycles. The van der Waals surface area contributed by atoms with E-state index in [2.05, 4.69) is 14.8 Å². The Balaban J connectivity index is 1.92. The number of benzene rings is 1. The fourth-order valence-corrected chi connectivity index (χ4v) is 2.45. The third-order valence-electron chi connectivity index (χ3n) is 3.48. The number of hydrogen-bond donors (Lipinski definition) is 1. The van der Waals surface area contributed by atoms with Gasteiger partial charge >= 0.3 is 6.36 Å². The highest BCUT2D eigenvalue weighted by Crippen LogP contribution is 2.23. The highest BCUT2D eigenvalue weighted by molar-refractivity contribution is 5.86. The molecule has 0 aliphatic carbocycles. The molecular formula is C14H17F3N2O2. The van der Waals surface area contributed by atoms with Crippen molar-refractivity contribution in [3.8, 4) is 5.75 Å². The average molecular weight is 302 g/mol. The summed E-state index contributed by atoms with van der Waals surface area (Å²) in [5.74, 6) is -0.0375. The lowest BCUT2D eigenvalue weighted by Gasteiger charge is -2.31. The number of hydrogen-bond acceptors (Lipinski definition) is 4. The summed E-state index contributed by atoms with van der Waals surface area (Å²) in [7, 11) is 0. The molecule has 1 unspecified atom stereocenters. The molecule has 1 fully saturated rings. The van der Waals surface area contributed by atoms with Gasteiger partial charge < -0.3 is 9.94 Å². The molecule has 1 aromatic rings. The molecule has 0 amide bonds. The van der Waals surface area contributed by atoms with Gasteiger partial charge in [-0.3, -0.25) is 4.90 Å². The molecular weight excluding hydrogens is 285 g/mol. The minimum atomic E-state index is -4.66. The second-order valence-corrected chi connectivity index (χ2v) is 5.17. The Morgan fingerprint density at radius 3 is 2.52 bits per heavy atom. The largest absolute Gasteiger partial charge is 0.573 e. The molecule has 2 rings (SSSR count). The molecule has 0 aromatic heterocycles. The van der Waals surface area contributed by atoms with Gasteiger partial charge in [0, 0.05) is 32.0 Å². The van der Waals surface area contributed by atoms with Gasteiger partial charge in [0.05, 0.1) is 5.71 Å². The van der Waals surface area contributed by atoms with Gasteiger partial charge in [-0.15, -0.1) is 13.2 Å². The Morgan fingerprint density at radius 1 is 1.33 bits per heavy atom. The number of piperidine rings is 1. The molecule has 1 aliphatic heterocycles. The van der Waals surface area contributed by atoms with Gasteiger partial charge in [0.2, 0.25) is 0 Å². The average Bonchev–Trinajstić information content (AvgIpc) is 2.40. The van der Waals surface area contributed by atoms with Crippen molar-refractivity contribution < 1.29 is 23.1 Å². The van der Waals surface area contributed by atoms with E-state index in [9.17, 15) is 13.2 Å². The van der Waals surface area contributed by atoms with Crippen LogP contribution in [0.25, 0.3) is 0 Å². The summed E-state index contributed by atoms with van der Waals surface area (Å²) in [5.41, 5.74) is 1.71. The third-order valence-corrected chi connectivity index (χ3v) is 3.48. The minimum absolute atomic E-state index is 0.177. The minimum Gasteiger partial charge on any atom is -0.411 e. The van der Waals surface area contributed by atoms with Crippen LogP contribution in [-0.4, -0.2) is 35.3 Å². The second-order valence-electron chi connectivity index (χ2n) is 5.17. The number of nitrogens with zero attached hydrogens (tertiary/aromatic N) is 2. The first-order valence-electron chi connectivity index (χ1n) is 6.65. The van der Waals surface area contributed by atoms with E-state index in [1.165, 1.54) is 12.1 Å². The van der Waals surface area contributed by atoms with E-state index in [1.54, 1.807) is 12.1 Å². The van der Waals surface area contributed by atoms with Crippen molar-refractivity contribution in [3.63, 3.8) is 0 Å². The maximum absolute atomic E-state index is 12.1. The van der Waals surface area contributed by atoms with Gasteiger partial charge in [-0.25, -0.2) is 0 Å². The summed E-state index contributed by atoms with van der Waals surface area (Å²) in [5, 5.41) is 12.1. The van der Waals surface area contributed by atoms with Gasteiger partial charge in [0.25, 0.3) is 0 Å². The predicted molar refractivity (Wildman–Crippen MR) is 71.4 cm³/mol. The van der Waals surface area contributed by atoms with Gasteiger partial charge in [-0.05, 0) is 17.7 Å². The quantitative estimate of drug-likeness (QED) is 0.688. The summed E-state index contributed by atoms with van der Waals surface area (Å²) in [4.78, 5) is 2.18. The van der Waals surface area contributed by atoms with Crippen LogP contribution in [0.15, 0.2) is 29.4 Å². The van der Waals surface area contributed by atoms with Crippen molar-refractivity contribution in [1.29, 1.82) is 0 Å². The summed E-state index contributed by atoms with van der Waals surface area (Å²) in [6.07, 6.45) is -3.96. The highest BCUT2D eigenvalue weighted by atomic mass is 19.4. The zero-order valence-corrected chi connectivity index (χ0v) is 11.6. The summed E-state index contributed by atoms with van der Waals surface area (Å²) in [6, 6.07) is 5.89. The fraction of sp³-hybridized carbons (Fsp3) is 0.500. The third kappa shape index (κ3) is 4.63. The van der Waals surface area contributed by atoms with Crippen LogP contribution < -0.4 is 4.74 Å². The molecule has 4 nitrogen and oxygen atoms in total. The molecule has 1 N–H and O–H groups in total. The molecule has 21 heavy (non-hydrogen) atoms. The molecule has 0 bridgehead atoms. The summed E-state index contributed by atoms with van der Waals surface area (Å²) in [6.45, 7) is 4.17. The number of rotatable bonds is 3. The number of likely N-dealkylation sites (tertiary alicyclic amines) is 1. The molecule has 0 saturated carbocycles. The fourth-order valence-electron chi connectivity index (χ4n) is 2.45. The lowest BCUT2D eigenvalue weighted by Crippen LogP contribution is -2.39. The predicted octanol–water partition coefficient (Wildman–Crippen LogP) is 3.26. The van der Waals surface area contributed by atoms with Gasteiger partial charge in [-0.2, -0.15) is 0 Å². The first-order chi connectivity index (χ1) is 9.87. The van der Waals surface area contributed by atoms with Crippen molar-refractivity contribution >= 4 is 5.71 Å². The normalized spacial score (nSPS) is 22.5. The van der Waals surface area contributed by atoms with Crippen LogP contribution in [0.4, 0.5) is 13.2 Å². The van der Waals surface area contributed by atoms with E-state index in [1.807, 2.05) is 6.92 Å². The van der Waals surface area contributed by atoms with Crippen LogP contribution in [0.2, 0.25) is 0 Å². The topological polar surface area (TPSA) is 45.1 Å². The van der Waals surface area contributed by atoms with Crippen molar-refractivity contribution in [2.45, 2.75) is 26.3 Å². The molecule has 1 heterocycles.